The van der Waals surface area contributed by atoms with Crippen LogP contribution in [0, 0.1) is 13.8 Å². The van der Waals surface area contributed by atoms with E-state index in [0.29, 0.717) is 17.9 Å². The fourth-order valence-electron chi connectivity index (χ4n) is 2.33. The van der Waals surface area contributed by atoms with Gasteiger partial charge < -0.3 is 9.30 Å². The van der Waals surface area contributed by atoms with Crippen LogP contribution in [0.1, 0.15) is 48.4 Å². The van der Waals surface area contributed by atoms with Crippen LogP contribution in [0.25, 0.3) is 0 Å². The van der Waals surface area contributed by atoms with Gasteiger partial charge in [0.1, 0.15) is 10.5 Å². The van der Waals surface area contributed by atoms with Crippen LogP contribution in [0.3, 0.4) is 0 Å². The van der Waals surface area contributed by atoms with Crippen LogP contribution in [0.2, 0.25) is 0 Å². The number of hydrogen-bond acceptors (Lipinski definition) is 4. The van der Waals surface area contributed by atoms with Crippen molar-refractivity contribution in [2.45, 2.75) is 45.4 Å². The van der Waals surface area contributed by atoms with Gasteiger partial charge in [0.25, 0.3) is 0 Å². The van der Waals surface area contributed by atoms with Gasteiger partial charge in [0.05, 0.1) is 6.61 Å². The van der Waals surface area contributed by atoms with Gasteiger partial charge in [0.2, 0.25) is 10.0 Å². The molecular formula is C15H26N2O4S. The molecule has 1 aromatic rings. The highest BCUT2D eigenvalue weighted by atomic mass is 32.2. The van der Waals surface area contributed by atoms with Crippen molar-refractivity contribution in [3.05, 3.63) is 17.0 Å². The quantitative estimate of drug-likeness (QED) is 0.719. The molecule has 0 spiro atoms. The summed E-state index contributed by atoms with van der Waals surface area (Å²) in [5.74, 6) is -0.592. The molecule has 0 unspecified atom stereocenters. The highest BCUT2D eigenvalue weighted by molar-refractivity contribution is 7.89. The van der Waals surface area contributed by atoms with Crippen LogP contribution in [0.5, 0.6) is 0 Å². The Morgan fingerprint density at radius 3 is 2.32 bits per heavy atom. The molecule has 0 amide bonds. The van der Waals surface area contributed by atoms with Gasteiger partial charge in [-0.25, -0.2) is 17.5 Å². The number of esters is 1. The van der Waals surface area contributed by atoms with Crippen molar-refractivity contribution in [3.8, 4) is 0 Å². The molecule has 0 radical (unpaired) electrons. The van der Waals surface area contributed by atoms with Crippen molar-refractivity contribution in [2.75, 3.05) is 20.2 Å². The molecule has 0 N–H and O–H groups in total. The number of unbranched alkanes of at least 4 members (excludes halogenated alkanes) is 1. The third kappa shape index (κ3) is 3.35. The normalized spacial score (nSPS) is 12.0. The lowest BCUT2D eigenvalue weighted by Gasteiger charge is -2.18. The lowest BCUT2D eigenvalue weighted by Crippen LogP contribution is -2.29. The second-order valence-corrected chi connectivity index (χ2v) is 7.32. The second-order valence-electron chi connectivity index (χ2n) is 5.33. The van der Waals surface area contributed by atoms with E-state index in [0.717, 1.165) is 12.8 Å². The van der Waals surface area contributed by atoms with Gasteiger partial charge in [-0.1, -0.05) is 13.3 Å². The molecule has 0 atom stereocenters. The molecule has 0 aliphatic carbocycles. The Morgan fingerprint density at radius 2 is 1.82 bits per heavy atom. The summed E-state index contributed by atoms with van der Waals surface area (Å²) in [5, 5.41) is 0. The van der Waals surface area contributed by atoms with E-state index in [4.69, 9.17) is 4.74 Å². The van der Waals surface area contributed by atoms with E-state index < -0.39 is 16.0 Å². The van der Waals surface area contributed by atoms with Gasteiger partial charge in [0, 0.05) is 32.0 Å². The summed E-state index contributed by atoms with van der Waals surface area (Å²) in [6.45, 7) is 7.76. The minimum absolute atomic E-state index is 0.0598. The summed E-state index contributed by atoms with van der Waals surface area (Å²) >= 11 is 0. The van der Waals surface area contributed by atoms with E-state index >= 15 is 0 Å². The van der Waals surface area contributed by atoms with E-state index in [9.17, 15) is 13.2 Å². The Kier molecular flexibility index (Phi) is 6.19. The molecule has 0 aliphatic heterocycles. The summed E-state index contributed by atoms with van der Waals surface area (Å²) in [7, 11) is -0.434. The van der Waals surface area contributed by atoms with Crippen molar-refractivity contribution < 1.29 is 17.9 Å². The molecule has 0 saturated heterocycles. The Bertz CT molecular complexity index is 647. The molecule has 7 heteroatoms. The maximum Gasteiger partial charge on any atom is 0.341 e. The maximum atomic E-state index is 12.9. The largest absolute Gasteiger partial charge is 0.462 e. The highest BCUT2D eigenvalue weighted by Crippen LogP contribution is 2.29. The van der Waals surface area contributed by atoms with E-state index in [-0.39, 0.29) is 17.1 Å². The first-order valence-electron chi connectivity index (χ1n) is 7.49. The Morgan fingerprint density at radius 1 is 1.23 bits per heavy atom. The van der Waals surface area contributed by atoms with Gasteiger partial charge in [-0.2, -0.15) is 0 Å². The van der Waals surface area contributed by atoms with E-state index in [1.807, 2.05) is 6.92 Å². The molecule has 1 heterocycles. The number of hydrogen-bond donors (Lipinski definition) is 0. The maximum absolute atomic E-state index is 12.9. The van der Waals surface area contributed by atoms with Crippen LogP contribution >= 0.6 is 0 Å². The summed E-state index contributed by atoms with van der Waals surface area (Å²) in [5.41, 5.74) is 1.28. The van der Waals surface area contributed by atoms with Crippen LogP contribution in [-0.2, 0) is 21.8 Å². The van der Waals surface area contributed by atoms with Crippen LogP contribution in [0.4, 0.5) is 0 Å². The molecule has 0 aromatic carbocycles. The van der Waals surface area contributed by atoms with Crippen molar-refractivity contribution in [3.63, 3.8) is 0 Å². The van der Waals surface area contributed by atoms with Crippen LogP contribution in [0.15, 0.2) is 4.90 Å². The molecule has 0 aliphatic rings. The summed E-state index contributed by atoms with van der Waals surface area (Å²) < 4.78 is 33.8. The van der Waals surface area contributed by atoms with Crippen molar-refractivity contribution in [1.82, 2.24) is 8.87 Å². The Hall–Kier alpha value is -1.34. The minimum atomic E-state index is -3.73. The highest BCUT2D eigenvalue weighted by Gasteiger charge is 2.33. The zero-order valence-corrected chi connectivity index (χ0v) is 15.1. The molecule has 0 saturated carbocycles. The van der Waals surface area contributed by atoms with Gasteiger partial charge in [-0.05, 0) is 27.2 Å². The summed E-state index contributed by atoms with van der Waals surface area (Å²) in [6.07, 6.45) is 1.67. The van der Waals surface area contributed by atoms with Gasteiger partial charge >= 0.3 is 5.97 Å². The number of sulfonamides is 1. The van der Waals surface area contributed by atoms with E-state index in [2.05, 4.69) is 0 Å². The monoisotopic (exact) mass is 330 g/mol. The lowest BCUT2D eigenvalue weighted by molar-refractivity contribution is 0.0521. The number of aromatic nitrogens is 1. The standard InChI is InChI=1S/C15H26N2O4S/c1-7-9-10-16(5)22(19,20)14-12(4)17(6)11(3)13(14)15(18)21-8-2/h7-10H2,1-6H3. The lowest BCUT2D eigenvalue weighted by atomic mass is 10.2. The zero-order valence-electron chi connectivity index (χ0n) is 14.3. The third-order valence-electron chi connectivity index (χ3n) is 3.90. The van der Waals surface area contributed by atoms with Crippen molar-refractivity contribution in [2.24, 2.45) is 7.05 Å². The molecule has 126 valence electrons. The second kappa shape index (κ2) is 7.28. The van der Waals surface area contributed by atoms with Crippen molar-refractivity contribution in [1.29, 1.82) is 0 Å². The van der Waals surface area contributed by atoms with E-state index in [1.54, 1.807) is 39.4 Å². The number of carbonyl (C=O) groups is 1. The zero-order chi connectivity index (χ0) is 17.1. The Labute approximate surface area is 133 Å². The number of ether oxygens (including phenoxy) is 1. The average Bonchev–Trinajstić information content (AvgIpc) is 2.69. The summed E-state index contributed by atoms with van der Waals surface area (Å²) in [4.78, 5) is 12.3. The molecule has 0 fully saturated rings. The van der Waals surface area contributed by atoms with Crippen molar-refractivity contribution >= 4 is 16.0 Å². The summed E-state index contributed by atoms with van der Waals surface area (Å²) in [6, 6.07) is 0. The average molecular weight is 330 g/mol. The first kappa shape index (κ1) is 18.7. The van der Waals surface area contributed by atoms with Gasteiger partial charge in [-0.15, -0.1) is 0 Å². The smallest absolute Gasteiger partial charge is 0.341 e. The molecule has 0 bridgehead atoms. The molecular weight excluding hydrogens is 304 g/mol. The van der Waals surface area contributed by atoms with Crippen LogP contribution < -0.4 is 0 Å². The van der Waals surface area contributed by atoms with Gasteiger partial charge in [-0.3, -0.25) is 0 Å². The van der Waals surface area contributed by atoms with E-state index in [1.165, 1.54) is 4.31 Å². The minimum Gasteiger partial charge on any atom is -0.462 e. The topological polar surface area (TPSA) is 68.6 Å². The number of carbonyl (C=O) groups excluding carboxylic acids is 1. The first-order chi connectivity index (χ1) is 10.2. The molecule has 22 heavy (non-hydrogen) atoms. The predicted molar refractivity (Wildman–Crippen MR) is 85.6 cm³/mol. The molecule has 1 rings (SSSR count). The number of nitrogens with zero attached hydrogens (tertiary/aromatic N) is 2. The first-order valence-corrected chi connectivity index (χ1v) is 8.93. The third-order valence-corrected chi connectivity index (χ3v) is 5.92. The predicted octanol–water partition coefficient (Wildman–Crippen LogP) is 2.24. The molecule has 1 aromatic heterocycles. The molecule has 6 nitrogen and oxygen atoms in total. The fraction of sp³-hybridized carbons (Fsp3) is 0.667. The SMILES string of the molecule is CCCCN(C)S(=O)(=O)c1c(C(=O)OCC)c(C)n(C)c1C. The fourth-order valence-corrected chi connectivity index (χ4v) is 4.01. The van der Waals surface area contributed by atoms with Gasteiger partial charge in [0.15, 0.2) is 0 Å². The van der Waals surface area contributed by atoms with Crippen LogP contribution in [-0.4, -0.2) is 43.5 Å². The Balaban J connectivity index is 3.46. The number of rotatable bonds is 7.